The van der Waals surface area contributed by atoms with Gasteiger partial charge >= 0.3 is 0 Å². The van der Waals surface area contributed by atoms with Gasteiger partial charge in [0.15, 0.2) is 9.84 Å². The Morgan fingerprint density at radius 2 is 1.76 bits per heavy atom. The quantitative estimate of drug-likeness (QED) is 0.634. The Bertz CT molecular complexity index is 1150. The topological polar surface area (TPSA) is 114 Å². The molecule has 0 saturated carbocycles. The molecule has 7 nitrogen and oxygen atoms in total. The maximum absolute atomic E-state index is 11.5. The summed E-state index contributed by atoms with van der Waals surface area (Å²) in [6.07, 6.45) is 2.38. The van der Waals surface area contributed by atoms with E-state index in [1.165, 1.54) is 6.07 Å². The zero-order valence-corrected chi connectivity index (χ0v) is 16.4. The van der Waals surface area contributed by atoms with Crippen molar-refractivity contribution < 1.29 is 23.1 Å². The molecule has 1 unspecified atom stereocenters. The number of H-pyrrole nitrogens is 1. The van der Waals surface area contributed by atoms with Crippen LogP contribution in [0.2, 0.25) is 0 Å². The molecule has 8 heteroatoms. The van der Waals surface area contributed by atoms with Crippen LogP contribution >= 0.6 is 0 Å². The molecule has 4 rings (SSSR count). The molecule has 0 aliphatic carbocycles. The summed E-state index contributed by atoms with van der Waals surface area (Å²) < 4.78 is 28.9. The molecule has 152 valence electrons. The molecule has 1 aromatic heterocycles. The fraction of sp³-hybridized carbons (Fsp3) is 0.238. The number of sulfone groups is 1. The number of carbonyl (C=O) groups is 1. The van der Waals surface area contributed by atoms with E-state index in [1.807, 2.05) is 30.3 Å². The first kappa shape index (κ1) is 20.6. The van der Waals surface area contributed by atoms with Crippen molar-refractivity contribution in [3.05, 3.63) is 65.1 Å². The molecule has 1 atom stereocenters. The van der Waals surface area contributed by atoms with Crippen LogP contribution in [0.25, 0.3) is 21.9 Å². The van der Waals surface area contributed by atoms with Gasteiger partial charge in [0.2, 0.25) is 5.56 Å². The van der Waals surface area contributed by atoms with Gasteiger partial charge in [-0.05, 0) is 52.6 Å². The van der Waals surface area contributed by atoms with E-state index in [9.17, 15) is 13.2 Å². The van der Waals surface area contributed by atoms with E-state index in [1.54, 1.807) is 12.3 Å². The molecule has 1 saturated heterocycles. The normalized spacial score (nSPS) is 17.3. The smallest absolute Gasteiger partial charge is 0.290 e. The molecule has 2 heterocycles. The third kappa shape index (κ3) is 5.45. The number of hydrogen-bond donors (Lipinski definition) is 2. The van der Waals surface area contributed by atoms with Gasteiger partial charge in [0.1, 0.15) is 5.75 Å². The summed E-state index contributed by atoms with van der Waals surface area (Å²) in [5.41, 5.74) is 1.86. The van der Waals surface area contributed by atoms with Gasteiger partial charge in [-0.2, -0.15) is 0 Å². The number of ether oxygens (including phenoxy) is 1. The van der Waals surface area contributed by atoms with Gasteiger partial charge in [-0.25, -0.2) is 8.42 Å². The van der Waals surface area contributed by atoms with E-state index in [2.05, 4.69) is 11.1 Å². The Balaban J connectivity index is 0.000000755. The summed E-state index contributed by atoms with van der Waals surface area (Å²) >= 11 is 0. The molecule has 1 aliphatic heterocycles. The highest BCUT2D eigenvalue weighted by molar-refractivity contribution is 7.91. The molecule has 2 aromatic carbocycles. The van der Waals surface area contributed by atoms with Crippen molar-refractivity contribution in [3.8, 4) is 16.9 Å². The lowest BCUT2D eigenvalue weighted by Gasteiger charge is -2.11. The Morgan fingerprint density at radius 3 is 2.41 bits per heavy atom. The molecular formula is C21H21NO6S. The van der Waals surface area contributed by atoms with E-state index in [4.69, 9.17) is 14.6 Å². The lowest BCUT2D eigenvalue weighted by molar-refractivity contribution is -0.122. The van der Waals surface area contributed by atoms with Crippen LogP contribution in [-0.4, -0.2) is 43.1 Å². The predicted octanol–water partition coefficient (Wildman–Crippen LogP) is 2.71. The maximum atomic E-state index is 11.5. The zero-order chi connectivity index (χ0) is 20.9. The van der Waals surface area contributed by atoms with Crippen molar-refractivity contribution in [3.63, 3.8) is 0 Å². The van der Waals surface area contributed by atoms with Gasteiger partial charge in [-0.15, -0.1) is 0 Å². The number of benzene rings is 2. The highest BCUT2D eigenvalue weighted by Gasteiger charge is 2.28. The van der Waals surface area contributed by atoms with E-state index >= 15 is 0 Å². The summed E-state index contributed by atoms with van der Waals surface area (Å²) in [7, 11) is -2.87. The minimum absolute atomic E-state index is 0.0818. The van der Waals surface area contributed by atoms with Crippen molar-refractivity contribution in [1.82, 2.24) is 4.98 Å². The molecule has 0 amide bonds. The molecule has 0 bridgehead atoms. The van der Waals surface area contributed by atoms with Crippen LogP contribution in [0.1, 0.15) is 6.42 Å². The summed E-state index contributed by atoms with van der Waals surface area (Å²) in [6, 6.07) is 15.3. The second-order valence-corrected chi connectivity index (χ2v) is 9.08. The molecular weight excluding hydrogens is 394 g/mol. The fourth-order valence-corrected chi connectivity index (χ4v) is 5.14. The van der Waals surface area contributed by atoms with Crippen LogP contribution in [-0.2, 0) is 14.6 Å². The standard InChI is InChI=1S/C20H19NO4S.CH2O2/c22-20-6-4-18(11-21-20)16-1-2-17-10-19(5-3-15(17)9-16)25-12-14-7-8-26(23,24)13-14;2-1-3/h1-6,9-11,14H,7-8,12-13H2,(H,21,22);1H,(H,2,3). The average molecular weight is 415 g/mol. The van der Waals surface area contributed by atoms with Crippen molar-refractivity contribution in [2.24, 2.45) is 5.92 Å². The Labute approximate surface area is 167 Å². The molecule has 3 aromatic rings. The van der Waals surface area contributed by atoms with E-state index in [0.717, 1.165) is 27.6 Å². The summed E-state index contributed by atoms with van der Waals surface area (Å²) in [4.78, 5) is 22.2. The second-order valence-electron chi connectivity index (χ2n) is 6.85. The first-order valence-electron chi connectivity index (χ1n) is 9.04. The van der Waals surface area contributed by atoms with Crippen LogP contribution in [0.5, 0.6) is 5.75 Å². The van der Waals surface area contributed by atoms with E-state index in [0.29, 0.717) is 13.0 Å². The zero-order valence-electron chi connectivity index (χ0n) is 15.6. The van der Waals surface area contributed by atoms with Crippen LogP contribution in [0.15, 0.2) is 59.5 Å². The summed E-state index contributed by atoms with van der Waals surface area (Å²) in [5.74, 6) is 1.33. The van der Waals surface area contributed by atoms with Crippen LogP contribution in [0.3, 0.4) is 0 Å². The maximum Gasteiger partial charge on any atom is 0.290 e. The van der Waals surface area contributed by atoms with Gasteiger partial charge in [0.25, 0.3) is 6.47 Å². The molecule has 1 aliphatic rings. The number of nitrogens with one attached hydrogen (secondary N) is 1. The Morgan fingerprint density at radius 1 is 1.07 bits per heavy atom. The van der Waals surface area contributed by atoms with Crippen molar-refractivity contribution >= 4 is 27.1 Å². The molecule has 0 radical (unpaired) electrons. The van der Waals surface area contributed by atoms with Crippen LogP contribution in [0, 0.1) is 5.92 Å². The van der Waals surface area contributed by atoms with Gasteiger partial charge in [0, 0.05) is 18.2 Å². The number of rotatable bonds is 4. The highest BCUT2D eigenvalue weighted by Crippen LogP contribution is 2.27. The summed E-state index contributed by atoms with van der Waals surface area (Å²) in [5, 5.41) is 9.01. The Kier molecular flexibility index (Phi) is 6.33. The molecule has 2 N–H and O–H groups in total. The van der Waals surface area contributed by atoms with E-state index in [-0.39, 0.29) is 29.5 Å². The first-order chi connectivity index (χ1) is 13.9. The average Bonchev–Trinajstić information content (AvgIpc) is 3.06. The number of pyridine rings is 1. The molecule has 29 heavy (non-hydrogen) atoms. The fourth-order valence-electron chi connectivity index (χ4n) is 3.30. The van der Waals surface area contributed by atoms with Gasteiger partial charge in [-0.3, -0.25) is 9.59 Å². The van der Waals surface area contributed by atoms with Crippen LogP contribution in [0.4, 0.5) is 0 Å². The minimum Gasteiger partial charge on any atom is -0.493 e. The SMILES string of the molecule is O=CO.O=c1ccc(-c2ccc3cc(OCC4CCS(=O)(=O)C4)ccc3c2)c[nH]1. The van der Waals surface area contributed by atoms with Gasteiger partial charge < -0.3 is 14.8 Å². The number of aromatic amines is 1. The Hall–Kier alpha value is -3.13. The largest absolute Gasteiger partial charge is 0.493 e. The third-order valence-corrected chi connectivity index (χ3v) is 6.58. The summed E-state index contributed by atoms with van der Waals surface area (Å²) in [6.45, 7) is 0.181. The van der Waals surface area contributed by atoms with Crippen molar-refractivity contribution in [2.45, 2.75) is 6.42 Å². The lowest BCUT2D eigenvalue weighted by Crippen LogP contribution is -2.13. The molecule has 0 spiro atoms. The van der Waals surface area contributed by atoms with Gasteiger partial charge in [0.05, 0.1) is 18.1 Å². The first-order valence-corrected chi connectivity index (χ1v) is 10.9. The second kappa shape index (κ2) is 8.91. The lowest BCUT2D eigenvalue weighted by atomic mass is 10.0. The predicted molar refractivity (Wildman–Crippen MR) is 111 cm³/mol. The van der Waals surface area contributed by atoms with Crippen molar-refractivity contribution in [2.75, 3.05) is 18.1 Å². The van der Waals surface area contributed by atoms with E-state index < -0.39 is 9.84 Å². The number of aromatic nitrogens is 1. The molecule has 1 fully saturated rings. The highest BCUT2D eigenvalue weighted by atomic mass is 32.2. The monoisotopic (exact) mass is 415 g/mol. The number of carboxylic acid groups (broad SMARTS) is 1. The number of hydrogen-bond acceptors (Lipinski definition) is 5. The van der Waals surface area contributed by atoms with Crippen molar-refractivity contribution in [1.29, 1.82) is 0 Å². The van der Waals surface area contributed by atoms with Gasteiger partial charge in [-0.1, -0.05) is 18.2 Å². The minimum atomic E-state index is -2.87. The third-order valence-electron chi connectivity index (χ3n) is 4.74. The van der Waals surface area contributed by atoms with Crippen LogP contribution < -0.4 is 10.3 Å². The number of fused-ring (bicyclic) bond motifs is 1.